The van der Waals surface area contributed by atoms with Gasteiger partial charge in [-0.1, -0.05) is 63.2 Å². The van der Waals surface area contributed by atoms with Crippen LogP contribution in [0, 0.1) is 0 Å². The molecule has 0 aliphatic carbocycles. The van der Waals surface area contributed by atoms with Crippen LogP contribution in [-0.4, -0.2) is 5.97 Å². The van der Waals surface area contributed by atoms with E-state index in [4.69, 9.17) is 4.74 Å². The molecule has 0 fully saturated rings. The summed E-state index contributed by atoms with van der Waals surface area (Å²) < 4.78 is 5.29. The normalized spacial score (nSPS) is 11.2. The van der Waals surface area contributed by atoms with Crippen LogP contribution in [0.1, 0.15) is 44.7 Å². The third-order valence-electron chi connectivity index (χ3n) is 3.76. The maximum absolute atomic E-state index is 11.5. The van der Waals surface area contributed by atoms with E-state index in [2.05, 4.69) is 38.1 Å². The summed E-state index contributed by atoms with van der Waals surface area (Å²) in [6, 6.07) is 18.2. The molecular weight excluding hydrogens is 260 g/mol. The minimum Gasteiger partial charge on any atom is -0.427 e. The minimum absolute atomic E-state index is 0.0762. The molecule has 0 radical (unpaired) electrons. The Bertz CT molecular complexity index is 583. The van der Waals surface area contributed by atoms with E-state index in [1.54, 1.807) is 0 Å². The molecule has 0 aliphatic rings. The number of esters is 1. The van der Waals surface area contributed by atoms with Crippen LogP contribution in [0.5, 0.6) is 5.75 Å². The van der Waals surface area contributed by atoms with E-state index in [0.29, 0.717) is 12.2 Å². The van der Waals surface area contributed by atoms with Crippen LogP contribution < -0.4 is 4.74 Å². The van der Waals surface area contributed by atoms with Gasteiger partial charge in [-0.2, -0.15) is 0 Å². The summed E-state index contributed by atoms with van der Waals surface area (Å²) in [5.41, 5.74) is 2.39. The Kier molecular flexibility index (Phi) is 4.79. The Hall–Kier alpha value is -2.09. The number of hydrogen-bond donors (Lipinski definition) is 0. The van der Waals surface area contributed by atoms with Crippen LogP contribution in [-0.2, 0) is 10.2 Å². The molecule has 0 N–H and O–H groups in total. The van der Waals surface area contributed by atoms with E-state index in [9.17, 15) is 4.79 Å². The molecule has 0 amide bonds. The van der Waals surface area contributed by atoms with Crippen LogP contribution in [0.15, 0.2) is 54.6 Å². The van der Waals surface area contributed by atoms with Crippen molar-refractivity contribution in [3.8, 4) is 5.75 Å². The van der Waals surface area contributed by atoms with Gasteiger partial charge < -0.3 is 4.74 Å². The molecule has 0 saturated heterocycles. The number of ether oxygens (including phenoxy) is 1. The summed E-state index contributed by atoms with van der Waals surface area (Å²) in [6.07, 6.45) is 1.26. The zero-order chi connectivity index (χ0) is 15.3. The van der Waals surface area contributed by atoms with Gasteiger partial charge in [0.25, 0.3) is 0 Å². The van der Waals surface area contributed by atoms with Gasteiger partial charge in [-0.05, 0) is 29.7 Å². The molecule has 0 atom stereocenters. The predicted molar refractivity (Wildman–Crippen MR) is 85.6 cm³/mol. The lowest BCUT2D eigenvalue weighted by molar-refractivity contribution is -0.134. The second-order valence-corrected chi connectivity index (χ2v) is 5.74. The summed E-state index contributed by atoms with van der Waals surface area (Å²) in [7, 11) is 0. The highest BCUT2D eigenvalue weighted by molar-refractivity contribution is 5.72. The number of rotatable bonds is 5. The topological polar surface area (TPSA) is 26.3 Å². The van der Waals surface area contributed by atoms with E-state index in [1.807, 2.05) is 37.3 Å². The highest BCUT2D eigenvalue weighted by Gasteiger charge is 2.22. The quantitative estimate of drug-likeness (QED) is 0.586. The standard InChI is InChI=1S/C19H22O2/c1-4-8-18(20)21-17-13-11-16(12-14-17)19(2,3)15-9-6-5-7-10-15/h5-7,9-14H,4,8H2,1-3H3. The molecule has 2 rings (SSSR count). The van der Waals surface area contributed by atoms with Crippen molar-refractivity contribution in [3.63, 3.8) is 0 Å². The van der Waals surface area contributed by atoms with Gasteiger partial charge in [-0.25, -0.2) is 0 Å². The molecule has 2 aromatic carbocycles. The first kappa shape index (κ1) is 15.3. The average molecular weight is 282 g/mol. The molecule has 2 nitrogen and oxygen atoms in total. The molecular formula is C19H22O2. The Morgan fingerprint density at radius 1 is 0.952 bits per heavy atom. The third-order valence-corrected chi connectivity index (χ3v) is 3.76. The second-order valence-electron chi connectivity index (χ2n) is 5.74. The van der Waals surface area contributed by atoms with Crippen LogP contribution in [0.2, 0.25) is 0 Å². The molecule has 0 bridgehead atoms. The fraction of sp³-hybridized carbons (Fsp3) is 0.316. The Morgan fingerprint density at radius 3 is 2.10 bits per heavy atom. The van der Waals surface area contributed by atoms with Crippen LogP contribution in [0.4, 0.5) is 0 Å². The van der Waals surface area contributed by atoms with Crippen molar-refractivity contribution in [1.29, 1.82) is 0 Å². The Balaban J connectivity index is 2.17. The van der Waals surface area contributed by atoms with Crippen molar-refractivity contribution in [1.82, 2.24) is 0 Å². The molecule has 0 spiro atoms. The number of benzene rings is 2. The maximum Gasteiger partial charge on any atom is 0.311 e. The van der Waals surface area contributed by atoms with Crippen LogP contribution >= 0.6 is 0 Å². The van der Waals surface area contributed by atoms with Gasteiger partial charge in [0.2, 0.25) is 0 Å². The summed E-state index contributed by atoms with van der Waals surface area (Å²) in [5, 5.41) is 0. The lowest BCUT2D eigenvalue weighted by Crippen LogP contribution is -2.18. The van der Waals surface area contributed by atoms with Gasteiger partial charge in [0.1, 0.15) is 5.75 Å². The van der Waals surface area contributed by atoms with E-state index >= 15 is 0 Å². The number of carbonyl (C=O) groups is 1. The molecule has 0 unspecified atom stereocenters. The summed E-state index contributed by atoms with van der Waals surface area (Å²) in [6.45, 7) is 6.35. The van der Waals surface area contributed by atoms with Crippen LogP contribution in [0.3, 0.4) is 0 Å². The Labute approximate surface area is 126 Å². The van der Waals surface area contributed by atoms with Crippen molar-refractivity contribution < 1.29 is 9.53 Å². The molecule has 2 heteroatoms. The zero-order valence-electron chi connectivity index (χ0n) is 12.9. The van der Waals surface area contributed by atoms with Crippen molar-refractivity contribution >= 4 is 5.97 Å². The first-order valence-electron chi connectivity index (χ1n) is 7.41. The van der Waals surface area contributed by atoms with E-state index < -0.39 is 0 Å². The molecule has 0 saturated carbocycles. The molecule has 0 aliphatic heterocycles. The molecule has 21 heavy (non-hydrogen) atoms. The number of carbonyl (C=O) groups excluding carboxylic acids is 1. The van der Waals surface area contributed by atoms with Crippen molar-refractivity contribution in [2.75, 3.05) is 0 Å². The van der Waals surface area contributed by atoms with Gasteiger partial charge in [0.15, 0.2) is 0 Å². The van der Waals surface area contributed by atoms with Crippen molar-refractivity contribution in [3.05, 3.63) is 65.7 Å². The highest BCUT2D eigenvalue weighted by atomic mass is 16.5. The summed E-state index contributed by atoms with van der Waals surface area (Å²) in [4.78, 5) is 11.5. The summed E-state index contributed by atoms with van der Waals surface area (Å²) in [5.74, 6) is 0.439. The van der Waals surface area contributed by atoms with Crippen LogP contribution in [0.25, 0.3) is 0 Å². The van der Waals surface area contributed by atoms with E-state index in [1.165, 1.54) is 11.1 Å². The smallest absolute Gasteiger partial charge is 0.311 e. The second kappa shape index (κ2) is 6.57. The largest absolute Gasteiger partial charge is 0.427 e. The van der Waals surface area contributed by atoms with Gasteiger partial charge in [0.05, 0.1) is 0 Å². The van der Waals surface area contributed by atoms with E-state index in [-0.39, 0.29) is 11.4 Å². The summed E-state index contributed by atoms with van der Waals surface area (Å²) >= 11 is 0. The fourth-order valence-electron chi connectivity index (χ4n) is 2.35. The van der Waals surface area contributed by atoms with Crippen molar-refractivity contribution in [2.24, 2.45) is 0 Å². The lowest BCUT2D eigenvalue weighted by atomic mass is 9.78. The predicted octanol–water partition coefficient (Wildman–Crippen LogP) is 4.72. The lowest BCUT2D eigenvalue weighted by Gasteiger charge is -2.26. The van der Waals surface area contributed by atoms with Gasteiger partial charge in [0, 0.05) is 11.8 Å². The zero-order valence-corrected chi connectivity index (χ0v) is 12.9. The highest BCUT2D eigenvalue weighted by Crippen LogP contribution is 2.32. The molecule has 2 aromatic rings. The fourth-order valence-corrected chi connectivity index (χ4v) is 2.35. The average Bonchev–Trinajstić information content (AvgIpc) is 2.49. The Morgan fingerprint density at radius 2 is 1.52 bits per heavy atom. The van der Waals surface area contributed by atoms with Gasteiger partial charge >= 0.3 is 5.97 Å². The molecule has 0 heterocycles. The first-order chi connectivity index (χ1) is 10.0. The SMILES string of the molecule is CCCC(=O)Oc1ccc(C(C)(C)c2ccccc2)cc1. The van der Waals surface area contributed by atoms with E-state index in [0.717, 1.165) is 6.42 Å². The van der Waals surface area contributed by atoms with Gasteiger partial charge in [-0.15, -0.1) is 0 Å². The number of hydrogen-bond acceptors (Lipinski definition) is 2. The monoisotopic (exact) mass is 282 g/mol. The molecule has 110 valence electrons. The third kappa shape index (κ3) is 3.72. The van der Waals surface area contributed by atoms with Crippen molar-refractivity contribution in [2.45, 2.75) is 39.0 Å². The minimum atomic E-state index is -0.174. The van der Waals surface area contributed by atoms with Gasteiger partial charge in [-0.3, -0.25) is 4.79 Å². The molecule has 0 aromatic heterocycles. The maximum atomic E-state index is 11.5. The first-order valence-corrected chi connectivity index (χ1v) is 7.41.